The fourth-order valence-corrected chi connectivity index (χ4v) is 5.25. The van der Waals surface area contributed by atoms with Gasteiger partial charge in [-0.1, -0.05) is 11.8 Å². The molecule has 0 radical (unpaired) electrons. The van der Waals surface area contributed by atoms with E-state index in [-0.39, 0.29) is 23.2 Å². The lowest BCUT2D eigenvalue weighted by molar-refractivity contribution is -0.138. The summed E-state index contributed by atoms with van der Waals surface area (Å²) in [6.07, 6.45) is 1.87. The van der Waals surface area contributed by atoms with Crippen LogP contribution < -0.4 is 4.90 Å². The number of benzene rings is 2. The number of carbonyl (C=O) groups is 2. The molecule has 0 spiro atoms. The van der Waals surface area contributed by atoms with Crippen molar-refractivity contribution in [1.29, 1.82) is 5.26 Å². The van der Waals surface area contributed by atoms with Gasteiger partial charge in [0.15, 0.2) is 0 Å². The normalized spacial score (nSPS) is 19.3. The van der Waals surface area contributed by atoms with Crippen molar-refractivity contribution in [3.8, 4) is 6.07 Å². The summed E-state index contributed by atoms with van der Waals surface area (Å²) in [6, 6.07) is 13.7. The Bertz CT molecular complexity index is 1260. The second kappa shape index (κ2) is 9.55. The Balaban J connectivity index is 1.44. The van der Waals surface area contributed by atoms with E-state index in [1.807, 2.05) is 0 Å². The van der Waals surface area contributed by atoms with Gasteiger partial charge in [-0.25, -0.2) is 8.78 Å². The van der Waals surface area contributed by atoms with Gasteiger partial charge in [-0.2, -0.15) is 5.26 Å². The van der Waals surface area contributed by atoms with E-state index in [0.717, 1.165) is 12.8 Å². The quantitative estimate of drug-likeness (QED) is 0.470. The van der Waals surface area contributed by atoms with Crippen molar-refractivity contribution in [1.82, 2.24) is 9.80 Å². The maximum atomic E-state index is 13.6. The van der Waals surface area contributed by atoms with Crippen LogP contribution in [-0.2, 0) is 9.59 Å². The molecule has 2 aromatic carbocycles. The van der Waals surface area contributed by atoms with Crippen LogP contribution in [0.2, 0.25) is 0 Å². The monoisotopic (exact) mass is 492 g/mol. The molecule has 1 saturated carbocycles. The minimum Gasteiger partial charge on any atom is -0.339 e. The van der Waals surface area contributed by atoms with Crippen molar-refractivity contribution in [3.63, 3.8) is 0 Å². The Morgan fingerprint density at radius 3 is 2.03 bits per heavy atom. The zero-order valence-corrected chi connectivity index (χ0v) is 19.6. The molecule has 0 bridgehead atoms. The van der Waals surface area contributed by atoms with E-state index in [4.69, 9.17) is 0 Å². The van der Waals surface area contributed by atoms with Crippen molar-refractivity contribution < 1.29 is 18.4 Å². The fourth-order valence-electron chi connectivity index (χ4n) is 4.23. The van der Waals surface area contributed by atoms with E-state index >= 15 is 0 Å². The summed E-state index contributed by atoms with van der Waals surface area (Å²) < 4.78 is 27.2. The van der Waals surface area contributed by atoms with Crippen LogP contribution in [0.3, 0.4) is 0 Å². The summed E-state index contributed by atoms with van der Waals surface area (Å²) in [5, 5.41) is 12.2. The van der Waals surface area contributed by atoms with Crippen molar-refractivity contribution in [2.75, 3.05) is 31.1 Å². The first-order valence-electron chi connectivity index (χ1n) is 11.4. The Labute approximate surface area is 206 Å². The topological polar surface area (TPSA) is 67.6 Å². The maximum Gasteiger partial charge on any atom is 0.267 e. The molecular formula is C26H22F2N4O2S. The van der Waals surface area contributed by atoms with Crippen LogP contribution in [0.15, 0.2) is 64.5 Å². The number of nitriles is 1. The van der Waals surface area contributed by atoms with Crippen LogP contribution in [0.4, 0.5) is 14.5 Å². The number of amides is 2. The van der Waals surface area contributed by atoms with Crippen LogP contribution in [0.1, 0.15) is 18.4 Å². The molecule has 1 aliphatic carbocycles. The highest BCUT2D eigenvalue weighted by Crippen LogP contribution is 2.44. The molecule has 178 valence electrons. The Kier molecular flexibility index (Phi) is 6.31. The predicted octanol–water partition coefficient (Wildman–Crippen LogP) is 4.33. The highest BCUT2D eigenvalue weighted by Gasteiger charge is 2.37. The first-order chi connectivity index (χ1) is 17.0. The lowest BCUT2D eigenvalue weighted by Crippen LogP contribution is -2.51. The van der Waals surface area contributed by atoms with Crippen LogP contribution in [0.25, 0.3) is 5.70 Å². The first kappa shape index (κ1) is 23.1. The average molecular weight is 493 g/mol. The van der Waals surface area contributed by atoms with E-state index < -0.39 is 11.7 Å². The largest absolute Gasteiger partial charge is 0.339 e. The third-order valence-corrected chi connectivity index (χ3v) is 7.25. The Morgan fingerprint density at radius 1 is 0.886 bits per heavy atom. The molecule has 3 aliphatic rings. The van der Waals surface area contributed by atoms with Crippen molar-refractivity contribution >= 4 is 35.0 Å². The zero-order chi connectivity index (χ0) is 24.5. The zero-order valence-electron chi connectivity index (χ0n) is 18.8. The lowest BCUT2D eigenvalue weighted by atomic mass is 10.1. The molecule has 2 aromatic rings. The van der Waals surface area contributed by atoms with Gasteiger partial charge in [0.25, 0.3) is 5.91 Å². The van der Waals surface area contributed by atoms with Gasteiger partial charge in [0.05, 0.1) is 5.70 Å². The van der Waals surface area contributed by atoms with Crippen LogP contribution in [-0.4, -0.2) is 47.8 Å². The summed E-state index contributed by atoms with van der Waals surface area (Å²) >= 11 is 1.22. The summed E-state index contributed by atoms with van der Waals surface area (Å²) in [4.78, 5) is 30.9. The number of hydrogen-bond donors (Lipinski definition) is 0. The number of carbonyl (C=O) groups excluding carboxylic acids is 2. The Morgan fingerprint density at radius 2 is 1.46 bits per heavy atom. The number of rotatable bonds is 4. The van der Waals surface area contributed by atoms with Crippen LogP contribution >= 0.6 is 11.8 Å². The van der Waals surface area contributed by atoms with Gasteiger partial charge in [0.1, 0.15) is 28.3 Å². The van der Waals surface area contributed by atoms with Gasteiger partial charge in [-0.05, 0) is 66.9 Å². The summed E-state index contributed by atoms with van der Waals surface area (Å²) in [6.45, 7) is 1.61. The summed E-state index contributed by atoms with van der Waals surface area (Å²) in [5.74, 6) is -0.915. The van der Waals surface area contributed by atoms with E-state index in [0.29, 0.717) is 48.2 Å². The molecule has 2 aliphatic heterocycles. The van der Waals surface area contributed by atoms with Gasteiger partial charge in [-0.15, -0.1) is 0 Å². The maximum absolute atomic E-state index is 13.6. The molecule has 0 aromatic heterocycles. The van der Waals surface area contributed by atoms with E-state index in [9.17, 15) is 23.6 Å². The third-order valence-electron chi connectivity index (χ3n) is 6.30. The Hall–Kier alpha value is -3.64. The number of thioether (sulfide) groups is 1. The fraction of sp³-hybridized carbons (Fsp3) is 0.269. The lowest BCUT2D eigenvalue weighted by Gasteiger charge is -2.35. The van der Waals surface area contributed by atoms with Crippen LogP contribution in [0.5, 0.6) is 0 Å². The highest BCUT2D eigenvalue weighted by molar-refractivity contribution is 8.06. The first-order valence-corrected chi connectivity index (χ1v) is 12.2. The van der Waals surface area contributed by atoms with Gasteiger partial charge in [0.2, 0.25) is 5.91 Å². The number of piperazine rings is 1. The second-order valence-electron chi connectivity index (χ2n) is 8.62. The molecule has 0 N–H and O–H groups in total. The van der Waals surface area contributed by atoms with Crippen molar-refractivity contribution in [3.05, 3.63) is 81.7 Å². The molecule has 2 amide bonds. The molecule has 0 atom stereocenters. The van der Waals surface area contributed by atoms with Crippen LogP contribution in [0, 0.1) is 28.9 Å². The van der Waals surface area contributed by atoms with Crippen molar-refractivity contribution in [2.24, 2.45) is 5.92 Å². The molecule has 2 heterocycles. The summed E-state index contributed by atoms with van der Waals surface area (Å²) in [5.41, 5.74) is 1.88. The van der Waals surface area contributed by atoms with Gasteiger partial charge < -0.3 is 14.7 Å². The van der Waals surface area contributed by atoms with Gasteiger partial charge in [-0.3, -0.25) is 9.59 Å². The predicted molar refractivity (Wildman–Crippen MR) is 129 cm³/mol. The number of halogens is 2. The van der Waals surface area contributed by atoms with E-state index in [1.54, 1.807) is 44.4 Å². The minimum atomic E-state index is -0.409. The second-order valence-corrected chi connectivity index (χ2v) is 9.48. The number of nitrogens with zero attached hydrogens (tertiary/aromatic N) is 4. The standard InChI is InChI=1S/C26H22F2N4O2S/c27-19-5-3-17(4-6-19)23-16-35-26(32(23)21-9-7-20(28)8-10-21)22(15-29)25(34)31-13-11-30(12-14-31)24(33)18-1-2-18/h3-10,16,18H,1-2,11-14H2/b26-22-. The molecule has 1 saturated heterocycles. The molecule has 6 nitrogen and oxygen atoms in total. The summed E-state index contributed by atoms with van der Waals surface area (Å²) in [7, 11) is 0. The van der Waals surface area contributed by atoms with Gasteiger partial charge >= 0.3 is 0 Å². The molecule has 2 fully saturated rings. The average Bonchev–Trinajstić information content (AvgIpc) is 3.65. The molecule has 35 heavy (non-hydrogen) atoms. The SMILES string of the molecule is N#C/C(C(=O)N1CCN(C(=O)C2CC2)CC1)=C1/SC=C(c2ccc(F)cc2)N1c1ccc(F)cc1. The molecule has 9 heteroatoms. The van der Waals surface area contributed by atoms with Crippen molar-refractivity contribution in [2.45, 2.75) is 12.8 Å². The smallest absolute Gasteiger partial charge is 0.267 e. The molecular weight excluding hydrogens is 470 g/mol. The molecule has 0 unspecified atom stereocenters. The van der Waals surface area contributed by atoms with E-state index in [1.165, 1.54) is 36.0 Å². The van der Waals surface area contributed by atoms with Gasteiger partial charge in [0, 0.05) is 43.2 Å². The number of hydrogen-bond acceptors (Lipinski definition) is 5. The van der Waals surface area contributed by atoms with E-state index in [2.05, 4.69) is 6.07 Å². The highest BCUT2D eigenvalue weighted by atomic mass is 32.2. The minimum absolute atomic E-state index is 0.0327. The molecule has 5 rings (SSSR count). The third kappa shape index (κ3) is 4.66. The number of anilines is 1.